The fraction of sp³-hybridized carbons (Fsp3) is 0.588. The van der Waals surface area contributed by atoms with Crippen LogP contribution in [0.1, 0.15) is 48.9 Å². The van der Waals surface area contributed by atoms with Crippen LogP contribution >= 0.6 is 11.8 Å². The summed E-state index contributed by atoms with van der Waals surface area (Å²) in [4.78, 5) is 16.0. The van der Waals surface area contributed by atoms with Gasteiger partial charge in [0, 0.05) is 35.8 Å². The molecule has 0 radical (unpaired) electrons. The monoisotopic (exact) mass is 304 g/mol. The van der Waals surface area contributed by atoms with Gasteiger partial charge in [-0.15, -0.1) is 11.8 Å². The number of nitrogens with zero attached hydrogens (tertiary/aromatic N) is 1. The van der Waals surface area contributed by atoms with Crippen LogP contribution in [0.5, 0.6) is 0 Å². The van der Waals surface area contributed by atoms with Crippen molar-refractivity contribution in [3.8, 4) is 0 Å². The fourth-order valence-corrected chi connectivity index (χ4v) is 4.30. The number of anilines is 1. The molecule has 3 nitrogen and oxygen atoms in total. The van der Waals surface area contributed by atoms with Gasteiger partial charge in [0.05, 0.1) is 5.69 Å². The van der Waals surface area contributed by atoms with Crippen molar-refractivity contribution in [2.75, 3.05) is 24.2 Å². The third-order valence-electron chi connectivity index (χ3n) is 4.51. The number of thioether (sulfide) groups is 1. The highest BCUT2D eigenvalue weighted by atomic mass is 32.2. The van der Waals surface area contributed by atoms with Gasteiger partial charge >= 0.3 is 0 Å². The van der Waals surface area contributed by atoms with E-state index in [1.54, 1.807) is 0 Å². The summed E-state index contributed by atoms with van der Waals surface area (Å²) in [6.07, 6.45) is 7.38. The van der Waals surface area contributed by atoms with Crippen LogP contribution in [0.3, 0.4) is 0 Å². The molecule has 1 N–H and O–H groups in total. The van der Waals surface area contributed by atoms with E-state index >= 15 is 0 Å². The standard InChI is InChI=1S/C17H24N2OS/c1-19-10-11-21-16-9-8-13(12-15(16)19)17(20)18-14-6-4-2-3-5-7-14/h8-9,12,14H,2-7,10-11H2,1H3,(H,18,20). The largest absolute Gasteiger partial charge is 0.373 e. The topological polar surface area (TPSA) is 32.3 Å². The van der Waals surface area contributed by atoms with E-state index in [-0.39, 0.29) is 5.91 Å². The SMILES string of the molecule is CN1CCSc2ccc(C(=O)NC3CCCCCC3)cc21. The lowest BCUT2D eigenvalue weighted by atomic mass is 10.1. The Balaban J connectivity index is 1.71. The first kappa shape index (κ1) is 14.8. The number of rotatable bonds is 2. The maximum Gasteiger partial charge on any atom is 0.251 e. The van der Waals surface area contributed by atoms with Crippen LogP contribution in [0.2, 0.25) is 0 Å². The van der Waals surface area contributed by atoms with Crippen LogP contribution in [-0.4, -0.2) is 31.3 Å². The number of hydrogen-bond acceptors (Lipinski definition) is 3. The van der Waals surface area contributed by atoms with Gasteiger partial charge in [-0.1, -0.05) is 25.7 Å². The third kappa shape index (κ3) is 3.54. The molecule has 2 aliphatic rings. The Labute approximate surface area is 131 Å². The maximum atomic E-state index is 12.5. The second-order valence-electron chi connectivity index (χ2n) is 6.11. The molecule has 0 spiro atoms. The molecular formula is C17H24N2OS. The van der Waals surface area contributed by atoms with E-state index in [2.05, 4.69) is 23.3 Å². The second-order valence-corrected chi connectivity index (χ2v) is 7.25. The van der Waals surface area contributed by atoms with Crippen molar-refractivity contribution in [2.24, 2.45) is 0 Å². The Hall–Kier alpha value is -1.16. The molecule has 0 aromatic heterocycles. The molecule has 1 aromatic carbocycles. The zero-order valence-electron chi connectivity index (χ0n) is 12.7. The summed E-state index contributed by atoms with van der Waals surface area (Å²) >= 11 is 1.88. The summed E-state index contributed by atoms with van der Waals surface area (Å²) in [5.41, 5.74) is 1.99. The van der Waals surface area contributed by atoms with E-state index in [9.17, 15) is 4.79 Å². The highest BCUT2D eigenvalue weighted by molar-refractivity contribution is 7.99. The van der Waals surface area contributed by atoms with Crippen molar-refractivity contribution < 1.29 is 4.79 Å². The van der Waals surface area contributed by atoms with Gasteiger partial charge in [-0.3, -0.25) is 4.79 Å². The summed E-state index contributed by atoms with van der Waals surface area (Å²) in [5, 5.41) is 3.23. The lowest BCUT2D eigenvalue weighted by Gasteiger charge is -2.27. The molecule has 1 fully saturated rings. The van der Waals surface area contributed by atoms with E-state index in [0.717, 1.165) is 30.7 Å². The van der Waals surface area contributed by atoms with Gasteiger partial charge in [-0.05, 0) is 31.0 Å². The first-order valence-electron chi connectivity index (χ1n) is 8.03. The van der Waals surface area contributed by atoms with E-state index in [1.807, 2.05) is 23.9 Å². The van der Waals surface area contributed by atoms with Gasteiger partial charge in [0.2, 0.25) is 0 Å². The van der Waals surface area contributed by atoms with Crippen molar-refractivity contribution in [1.82, 2.24) is 5.32 Å². The predicted octanol–water partition coefficient (Wildman–Crippen LogP) is 3.68. The molecule has 0 bridgehead atoms. The van der Waals surface area contributed by atoms with E-state index < -0.39 is 0 Å². The van der Waals surface area contributed by atoms with Gasteiger partial charge in [0.15, 0.2) is 0 Å². The number of amides is 1. The maximum absolute atomic E-state index is 12.5. The molecule has 4 heteroatoms. The molecule has 0 unspecified atom stereocenters. The zero-order valence-corrected chi connectivity index (χ0v) is 13.5. The van der Waals surface area contributed by atoms with Crippen LogP contribution in [0.15, 0.2) is 23.1 Å². The highest BCUT2D eigenvalue weighted by Gasteiger charge is 2.19. The van der Waals surface area contributed by atoms with Crippen molar-refractivity contribution in [2.45, 2.75) is 49.5 Å². The smallest absolute Gasteiger partial charge is 0.251 e. The molecule has 1 heterocycles. The number of carbonyl (C=O) groups is 1. The molecule has 21 heavy (non-hydrogen) atoms. The van der Waals surface area contributed by atoms with Gasteiger partial charge in [0.25, 0.3) is 5.91 Å². The van der Waals surface area contributed by atoms with E-state index in [1.165, 1.54) is 36.3 Å². The van der Waals surface area contributed by atoms with Crippen LogP contribution in [0.4, 0.5) is 5.69 Å². The molecule has 1 amide bonds. The first-order valence-corrected chi connectivity index (χ1v) is 9.01. The summed E-state index contributed by atoms with van der Waals surface area (Å²) in [5.74, 6) is 1.21. The Morgan fingerprint density at radius 1 is 1.24 bits per heavy atom. The first-order chi connectivity index (χ1) is 10.2. The molecule has 1 aliphatic heterocycles. The summed E-state index contributed by atoms with van der Waals surface area (Å²) in [7, 11) is 2.10. The van der Waals surface area contributed by atoms with Crippen molar-refractivity contribution in [3.63, 3.8) is 0 Å². The van der Waals surface area contributed by atoms with E-state index in [0.29, 0.717) is 6.04 Å². The molecular weight excluding hydrogens is 280 g/mol. The molecule has 3 rings (SSSR count). The molecule has 1 aromatic rings. The Kier molecular flexibility index (Phi) is 4.73. The number of fused-ring (bicyclic) bond motifs is 1. The lowest BCUT2D eigenvalue weighted by Crippen LogP contribution is -2.34. The second kappa shape index (κ2) is 6.73. The Morgan fingerprint density at radius 2 is 2.00 bits per heavy atom. The Morgan fingerprint density at radius 3 is 2.76 bits per heavy atom. The minimum atomic E-state index is 0.0914. The molecule has 1 saturated carbocycles. The van der Waals surface area contributed by atoms with Gasteiger partial charge in [-0.25, -0.2) is 0 Å². The molecule has 0 saturated heterocycles. The van der Waals surface area contributed by atoms with Crippen LogP contribution in [0.25, 0.3) is 0 Å². The lowest BCUT2D eigenvalue weighted by molar-refractivity contribution is 0.0933. The quantitative estimate of drug-likeness (QED) is 0.846. The van der Waals surface area contributed by atoms with Crippen molar-refractivity contribution in [3.05, 3.63) is 23.8 Å². The molecule has 114 valence electrons. The van der Waals surface area contributed by atoms with Crippen molar-refractivity contribution in [1.29, 1.82) is 0 Å². The van der Waals surface area contributed by atoms with Crippen LogP contribution in [-0.2, 0) is 0 Å². The number of nitrogens with one attached hydrogen (secondary N) is 1. The number of benzene rings is 1. The zero-order chi connectivity index (χ0) is 14.7. The average molecular weight is 304 g/mol. The predicted molar refractivity (Wildman–Crippen MR) is 89.4 cm³/mol. The minimum Gasteiger partial charge on any atom is -0.373 e. The Bertz CT molecular complexity index is 510. The fourth-order valence-electron chi connectivity index (χ4n) is 3.18. The molecule has 0 atom stereocenters. The van der Waals surface area contributed by atoms with Gasteiger partial charge < -0.3 is 10.2 Å². The normalized spacial score (nSPS) is 19.8. The number of hydrogen-bond donors (Lipinski definition) is 1. The summed E-state index contributed by atoms with van der Waals surface area (Å²) in [6.45, 7) is 1.05. The van der Waals surface area contributed by atoms with E-state index in [4.69, 9.17) is 0 Å². The summed E-state index contributed by atoms with van der Waals surface area (Å²) in [6, 6.07) is 6.48. The van der Waals surface area contributed by atoms with Crippen LogP contribution < -0.4 is 10.2 Å². The minimum absolute atomic E-state index is 0.0914. The number of carbonyl (C=O) groups excluding carboxylic acids is 1. The highest BCUT2D eigenvalue weighted by Crippen LogP contribution is 2.34. The molecule has 1 aliphatic carbocycles. The van der Waals surface area contributed by atoms with Gasteiger partial charge in [-0.2, -0.15) is 0 Å². The third-order valence-corrected chi connectivity index (χ3v) is 5.55. The van der Waals surface area contributed by atoms with Gasteiger partial charge in [0.1, 0.15) is 0 Å². The average Bonchev–Trinajstić information content (AvgIpc) is 2.76. The summed E-state index contributed by atoms with van der Waals surface area (Å²) < 4.78 is 0. The van der Waals surface area contributed by atoms with Crippen LogP contribution in [0, 0.1) is 0 Å². The van der Waals surface area contributed by atoms with Crippen molar-refractivity contribution >= 4 is 23.4 Å².